The number of aryl methyl sites for hydroxylation is 2. The van der Waals surface area contributed by atoms with Crippen LogP contribution in [-0.2, 0) is 6.42 Å². The van der Waals surface area contributed by atoms with Gasteiger partial charge in [-0.1, -0.05) is 18.1 Å². The number of imidazole rings is 1. The number of aromatic nitrogens is 3. The molecule has 0 unspecified atom stereocenters. The van der Waals surface area contributed by atoms with Crippen LogP contribution in [0.2, 0.25) is 0 Å². The average molecular weight is 261 g/mol. The minimum Gasteiger partial charge on any atom is -0.307 e. The van der Waals surface area contributed by atoms with Crippen LogP contribution in [0, 0.1) is 18.8 Å². The van der Waals surface area contributed by atoms with Crippen LogP contribution in [0.5, 0.6) is 0 Å². The van der Waals surface area contributed by atoms with E-state index in [-0.39, 0.29) is 0 Å². The zero-order chi connectivity index (χ0) is 13.8. The quantitative estimate of drug-likeness (QED) is 0.664. The van der Waals surface area contributed by atoms with Crippen LogP contribution in [0.4, 0.5) is 0 Å². The molecule has 98 valence electrons. The standard InChI is InChI=1S/C17H15N3/c1-14-7-6-12-20-13-16(19-17(14)20)10-3-2-8-15-9-4-5-11-18-15/h4-7,9,11-13H,3,10H2,1H3. The topological polar surface area (TPSA) is 30.2 Å². The Morgan fingerprint density at radius 2 is 2.15 bits per heavy atom. The van der Waals surface area contributed by atoms with E-state index in [4.69, 9.17) is 0 Å². The summed E-state index contributed by atoms with van der Waals surface area (Å²) in [6.45, 7) is 2.08. The molecule has 3 rings (SSSR count). The highest BCUT2D eigenvalue weighted by molar-refractivity contribution is 5.47. The van der Waals surface area contributed by atoms with Crippen molar-refractivity contribution in [2.24, 2.45) is 0 Å². The Morgan fingerprint density at radius 3 is 2.95 bits per heavy atom. The van der Waals surface area contributed by atoms with Crippen LogP contribution in [0.3, 0.4) is 0 Å². The number of hydrogen-bond acceptors (Lipinski definition) is 2. The number of hydrogen-bond donors (Lipinski definition) is 0. The highest BCUT2D eigenvalue weighted by Crippen LogP contribution is 2.10. The zero-order valence-corrected chi connectivity index (χ0v) is 11.4. The first-order valence-electron chi connectivity index (χ1n) is 6.66. The van der Waals surface area contributed by atoms with Gasteiger partial charge in [0.2, 0.25) is 0 Å². The molecule has 3 aromatic rings. The second-order valence-electron chi connectivity index (χ2n) is 4.67. The van der Waals surface area contributed by atoms with Crippen LogP contribution in [0.25, 0.3) is 5.65 Å². The molecule has 0 aromatic carbocycles. The van der Waals surface area contributed by atoms with Crippen LogP contribution >= 0.6 is 0 Å². The molecule has 3 nitrogen and oxygen atoms in total. The summed E-state index contributed by atoms with van der Waals surface area (Å²) in [7, 11) is 0. The molecule has 0 N–H and O–H groups in total. The third kappa shape index (κ3) is 2.70. The molecule has 0 radical (unpaired) electrons. The highest BCUT2D eigenvalue weighted by Gasteiger charge is 2.02. The first-order chi connectivity index (χ1) is 9.83. The Morgan fingerprint density at radius 1 is 1.20 bits per heavy atom. The van der Waals surface area contributed by atoms with E-state index in [9.17, 15) is 0 Å². The van der Waals surface area contributed by atoms with Crippen LogP contribution in [0.15, 0.2) is 48.9 Å². The Balaban J connectivity index is 1.69. The Labute approximate surface area is 118 Å². The molecule has 0 saturated carbocycles. The molecule has 20 heavy (non-hydrogen) atoms. The number of rotatable bonds is 2. The minimum atomic E-state index is 0.791. The van der Waals surface area contributed by atoms with Gasteiger partial charge in [-0.05, 0) is 36.6 Å². The lowest BCUT2D eigenvalue weighted by molar-refractivity contribution is 0.982. The Hall–Kier alpha value is -2.60. The molecule has 0 aliphatic rings. The van der Waals surface area contributed by atoms with Crippen molar-refractivity contribution in [2.45, 2.75) is 19.8 Å². The average Bonchev–Trinajstić information content (AvgIpc) is 2.89. The summed E-state index contributed by atoms with van der Waals surface area (Å²) in [5.41, 5.74) is 4.12. The number of nitrogens with zero attached hydrogens (tertiary/aromatic N) is 3. The first kappa shape index (κ1) is 12.4. The van der Waals surface area contributed by atoms with E-state index in [2.05, 4.69) is 45.4 Å². The Kier molecular flexibility index (Phi) is 3.47. The van der Waals surface area contributed by atoms with Gasteiger partial charge in [0.05, 0.1) is 5.69 Å². The largest absolute Gasteiger partial charge is 0.307 e. The summed E-state index contributed by atoms with van der Waals surface area (Å²) >= 11 is 0. The minimum absolute atomic E-state index is 0.791. The van der Waals surface area contributed by atoms with E-state index >= 15 is 0 Å². The predicted molar refractivity (Wildman–Crippen MR) is 79.4 cm³/mol. The molecular weight excluding hydrogens is 246 g/mol. The Bertz CT molecular complexity index is 776. The van der Waals surface area contributed by atoms with E-state index < -0.39 is 0 Å². The van der Waals surface area contributed by atoms with Crippen molar-refractivity contribution in [1.29, 1.82) is 0 Å². The van der Waals surface area contributed by atoms with Crippen LogP contribution in [-0.4, -0.2) is 14.4 Å². The molecule has 0 fully saturated rings. The molecule has 0 amide bonds. The van der Waals surface area contributed by atoms with Gasteiger partial charge in [0.15, 0.2) is 0 Å². The van der Waals surface area contributed by atoms with E-state index in [1.165, 1.54) is 5.56 Å². The third-order valence-corrected chi connectivity index (χ3v) is 3.12. The molecule has 0 aliphatic heterocycles. The summed E-state index contributed by atoms with van der Waals surface area (Å²) < 4.78 is 2.07. The fraction of sp³-hybridized carbons (Fsp3) is 0.176. The summed E-state index contributed by atoms with van der Waals surface area (Å²) in [5.74, 6) is 6.21. The molecule has 0 atom stereocenters. The van der Waals surface area contributed by atoms with Crippen molar-refractivity contribution in [1.82, 2.24) is 14.4 Å². The van der Waals surface area contributed by atoms with Crippen LogP contribution < -0.4 is 0 Å². The van der Waals surface area contributed by atoms with E-state index in [0.29, 0.717) is 0 Å². The highest BCUT2D eigenvalue weighted by atomic mass is 15.0. The van der Waals surface area contributed by atoms with Crippen molar-refractivity contribution >= 4 is 5.65 Å². The van der Waals surface area contributed by atoms with Gasteiger partial charge in [0, 0.05) is 31.4 Å². The fourth-order valence-corrected chi connectivity index (χ4v) is 2.11. The predicted octanol–water partition coefficient (Wildman–Crippen LogP) is 3.02. The molecule has 0 aliphatic carbocycles. The van der Waals surface area contributed by atoms with E-state index in [0.717, 1.165) is 29.9 Å². The first-order valence-corrected chi connectivity index (χ1v) is 6.66. The SMILES string of the molecule is Cc1cccn2cc(CCC#Cc3ccccn3)nc12. The molecular formula is C17H15N3. The maximum atomic E-state index is 4.64. The molecule has 3 heterocycles. The number of fused-ring (bicyclic) bond motifs is 1. The molecule has 3 heteroatoms. The lowest BCUT2D eigenvalue weighted by Crippen LogP contribution is -1.84. The fourth-order valence-electron chi connectivity index (χ4n) is 2.11. The summed E-state index contributed by atoms with van der Waals surface area (Å²) in [4.78, 5) is 8.81. The van der Waals surface area contributed by atoms with Gasteiger partial charge < -0.3 is 4.40 Å². The van der Waals surface area contributed by atoms with Crippen molar-refractivity contribution in [3.05, 3.63) is 65.9 Å². The smallest absolute Gasteiger partial charge is 0.139 e. The van der Waals surface area contributed by atoms with Crippen LogP contribution in [0.1, 0.15) is 23.4 Å². The van der Waals surface area contributed by atoms with E-state index in [1.54, 1.807) is 6.20 Å². The molecule has 0 bridgehead atoms. The van der Waals surface area contributed by atoms with Gasteiger partial charge in [0.25, 0.3) is 0 Å². The third-order valence-electron chi connectivity index (χ3n) is 3.12. The molecule has 3 aromatic heterocycles. The monoisotopic (exact) mass is 261 g/mol. The van der Waals surface area contributed by atoms with Crippen molar-refractivity contribution < 1.29 is 0 Å². The second-order valence-corrected chi connectivity index (χ2v) is 4.67. The van der Waals surface area contributed by atoms with Gasteiger partial charge in [-0.2, -0.15) is 0 Å². The lowest BCUT2D eigenvalue weighted by atomic mass is 10.2. The normalized spacial score (nSPS) is 10.2. The van der Waals surface area contributed by atoms with Gasteiger partial charge in [0.1, 0.15) is 11.3 Å². The number of pyridine rings is 2. The summed E-state index contributed by atoms with van der Waals surface area (Å²) in [5, 5.41) is 0. The summed E-state index contributed by atoms with van der Waals surface area (Å²) in [6, 6.07) is 9.87. The maximum absolute atomic E-state index is 4.64. The second kappa shape index (κ2) is 5.58. The van der Waals surface area contributed by atoms with E-state index in [1.807, 2.05) is 30.5 Å². The molecule has 0 spiro atoms. The molecule has 0 saturated heterocycles. The maximum Gasteiger partial charge on any atom is 0.139 e. The van der Waals surface area contributed by atoms with Crippen molar-refractivity contribution in [3.63, 3.8) is 0 Å². The van der Waals surface area contributed by atoms with Gasteiger partial charge in [-0.25, -0.2) is 9.97 Å². The van der Waals surface area contributed by atoms with Gasteiger partial charge >= 0.3 is 0 Å². The summed E-state index contributed by atoms with van der Waals surface area (Å²) in [6.07, 6.45) is 7.51. The van der Waals surface area contributed by atoms with Crippen molar-refractivity contribution in [3.8, 4) is 11.8 Å². The lowest BCUT2D eigenvalue weighted by Gasteiger charge is -1.94. The van der Waals surface area contributed by atoms with Gasteiger partial charge in [-0.15, -0.1) is 0 Å². The zero-order valence-electron chi connectivity index (χ0n) is 11.4. The van der Waals surface area contributed by atoms with Crippen molar-refractivity contribution in [2.75, 3.05) is 0 Å². The van der Waals surface area contributed by atoms with Gasteiger partial charge in [-0.3, -0.25) is 0 Å².